The summed E-state index contributed by atoms with van der Waals surface area (Å²) in [5.41, 5.74) is 1.79. The Morgan fingerprint density at radius 3 is 2.73 bits per heavy atom. The zero-order valence-electron chi connectivity index (χ0n) is 11.6. The molecular weight excluding hydrogens is 350 g/mol. The van der Waals surface area contributed by atoms with Crippen LogP contribution >= 0.6 is 15.9 Å². The van der Waals surface area contributed by atoms with Crippen molar-refractivity contribution in [1.29, 1.82) is 0 Å². The Balaban J connectivity index is 1.91. The summed E-state index contributed by atoms with van der Waals surface area (Å²) < 4.78 is 0.555. The maximum atomic E-state index is 12.6. The number of carbonyl (C=O) groups excluding carboxylic acids is 1. The van der Waals surface area contributed by atoms with E-state index in [4.69, 9.17) is 0 Å². The average molecular weight is 364 g/mol. The van der Waals surface area contributed by atoms with Crippen molar-refractivity contribution >= 4 is 27.8 Å². The zero-order chi connectivity index (χ0) is 15.7. The maximum Gasteiger partial charge on any atom is 0.326 e. The summed E-state index contributed by atoms with van der Waals surface area (Å²) in [4.78, 5) is 25.2. The lowest BCUT2D eigenvalue weighted by atomic mass is 10.1. The first-order valence-electron chi connectivity index (χ1n) is 6.92. The van der Waals surface area contributed by atoms with Crippen LogP contribution in [0.2, 0.25) is 0 Å². The Morgan fingerprint density at radius 1 is 1.32 bits per heavy atom. The van der Waals surface area contributed by atoms with E-state index in [9.17, 15) is 14.7 Å². The third-order valence-corrected chi connectivity index (χ3v) is 4.54. The van der Waals surface area contributed by atoms with Crippen molar-refractivity contribution < 1.29 is 14.7 Å². The molecule has 2 N–H and O–H groups in total. The molecule has 0 saturated carbocycles. The van der Waals surface area contributed by atoms with E-state index in [1.54, 1.807) is 0 Å². The first-order valence-corrected chi connectivity index (χ1v) is 7.72. The number of amides is 1. The molecule has 0 aliphatic carbocycles. The third kappa shape index (κ3) is 2.52. The van der Waals surface area contributed by atoms with Crippen molar-refractivity contribution in [2.45, 2.75) is 18.9 Å². The summed E-state index contributed by atoms with van der Waals surface area (Å²) >= 11 is 3.40. The van der Waals surface area contributed by atoms with Crippen LogP contribution in [0.3, 0.4) is 0 Å². The van der Waals surface area contributed by atoms with Gasteiger partial charge in [-0.25, -0.2) is 4.79 Å². The lowest BCUT2D eigenvalue weighted by molar-refractivity contribution is -0.141. The van der Waals surface area contributed by atoms with Crippen LogP contribution in [0.4, 0.5) is 0 Å². The number of rotatable bonds is 3. The molecule has 1 fully saturated rings. The summed E-state index contributed by atoms with van der Waals surface area (Å²) in [6, 6.07) is 8.70. The van der Waals surface area contributed by atoms with Crippen LogP contribution in [0.1, 0.15) is 23.3 Å². The second-order valence-electron chi connectivity index (χ2n) is 5.12. The van der Waals surface area contributed by atoms with Crippen molar-refractivity contribution in [3.8, 4) is 11.3 Å². The summed E-state index contributed by atoms with van der Waals surface area (Å²) in [6.45, 7) is 0.446. The molecule has 1 aliphatic heterocycles. The average Bonchev–Trinajstić information content (AvgIpc) is 3.14. The number of benzene rings is 1. The molecule has 7 heteroatoms. The number of hydrogen-bond acceptors (Lipinski definition) is 3. The highest BCUT2D eigenvalue weighted by Gasteiger charge is 2.36. The number of carboxylic acids is 1. The number of hydrogen-bond donors (Lipinski definition) is 2. The van der Waals surface area contributed by atoms with Crippen LogP contribution in [0.5, 0.6) is 0 Å². The molecule has 22 heavy (non-hydrogen) atoms. The maximum absolute atomic E-state index is 12.6. The molecule has 3 rings (SSSR count). The number of nitrogens with one attached hydrogen (secondary N) is 1. The molecule has 0 spiro atoms. The number of nitrogens with zero attached hydrogens (tertiary/aromatic N) is 2. The van der Waals surface area contributed by atoms with Gasteiger partial charge in [-0.15, -0.1) is 0 Å². The van der Waals surface area contributed by atoms with E-state index < -0.39 is 12.0 Å². The topological polar surface area (TPSA) is 86.3 Å². The Hall–Kier alpha value is -2.15. The van der Waals surface area contributed by atoms with Gasteiger partial charge in [-0.2, -0.15) is 5.10 Å². The van der Waals surface area contributed by atoms with Gasteiger partial charge in [0.2, 0.25) is 0 Å². The number of aromatic amines is 1. The van der Waals surface area contributed by atoms with Gasteiger partial charge in [0.1, 0.15) is 17.4 Å². The number of carbonyl (C=O) groups is 2. The number of H-pyrrole nitrogens is 1. The van der Waals surface area contributed by atoms with E-state index in [0.29, 0.717) is 29.6 Å². The molecule has 0 radical (unpaired) electrons. The molecular formula is C15H14BrN3O3. The third-order valence-electron chi connectivity index (χ3n) is 3.77. The van der Waals surface area contributed by atoms with Crippen LogP contribution in [0.15, 0.2) is 34.8 Å². The Bertz CT molecular complexity index is 714. The number of aromatic nitrogens is 2. The van der Waals surface area contributed by atoms with E-state index in [1.165, 1.54) is 4.90 Å². The summed E-state index contributed by atoms with van der Waals surface area (Å²) in [5, 5.41) is 16.1. The van der Waals surface area contributed by atoms with Crippen LogP contribution < -0.4 is 0 Å². The highest BCUT2D eigenvalue weighted by molar-refractivity contribution is 9.10. The van der Waals surface area contributed by atoms with Gasteiger partial charge in [0.25, 0.3) is 5.91 Å². The molecule has 0 unspecified atom stereocenters. The number of carboxylic acid groups (broad SMARTS) is 1. The molecule has 114 valence electrons. The van der Waals surface area contributed by atoms with E-state index >= 15 is 0 Å². The van der Waals surface area contributed by atoms with Gasteiger partial charge in [0.15, 0.2) is 0 Å². The largest absolute Gasteiger partial charge is 0.480 e. The smallest absolute Gasteiger partial charge is 0.326 e. The predicted molar refractivity (Wildman–Crippen MR) is 83.4 cm³/mol. The van der Waals surface area contributed by atoms with E-state index in [0.717, 1.165) is 5.56 Å². The summed E-state index contributed by atoms with van der Waals surface area (Å²) in [5.74, 6) is -1.31. The lowest BCUT2D eigenvalue weighted by Crippen LogP contribution is -2.40. The highest BCUT2D eigenvalue weighted by Crippen LogP contribution is 2.30. The van der Waals surface area contributed by atoms with Crippen molar-refractivity contribution in [3.63, 3.8) is 0 Å². The molecule has 2 heterocycles. The van der Waals surface area contributed by atoms with Crippen LogP contribution in [0, 0.1) is 0 Å². The molecule has 1 aromatic heterocycles. The van der Waals surface area contributed by atoms with E-state index in [1.807, 2.05) is 30.3 Å². The van der Waals surface area contributed by atoms with Crippen molar-refractivity contribution in [1.82, 2.24) is 15.1 Å². The van der Waals surface area contributed by atoms with Gasteiger partial charge in [-0.1, -0.05) is 30.3 Å². The molecule has 1 amide bonds. The molecule has 1 saturated heterocycles. The van der Waals surface area contributed by atoms with Crippen molar-refractivity contribution in [2.75, 3.05) is 6.54 Å². The minimum atomic E-state index is -0.968. The zero-order valence-corrected chi connectivity index (χ0v) is 13.2. The van der Waals surface area contributed by atoms with E-state index in [2.05, 4.69) is 26.1 Å². The van der Waals surface area contributed by atoms with Gasteiger partial charge < -0.3 is 10.0 Å². The molecule has 0 bridgehead atoms. The Kier molecular flexibility index (Phi) is 3.98. The fraction of sp³-hybridized carbons (Fsp3) is 0.267. The summed E-state index contributed by atoms with van der Waals surface area (Å²) in [6.07, 6.45) is 1.18. The standard InChI is InChI=1S/C15H14BrN3O3/c16-11-12(9-5-2-1-3-6-9)17-18-13(11)14(20)19-8-4-7-10(19)15(21)22/h1-3,5-6,10H,4,7-8H2,(H,17,18)(H,21,22)/t10-/m1/s1. The first kappa shape index (κ1) is 14.8. The van der Waals surface area contributed by atoms with Gasteiger partial charge in [0.05, 0.1) is 4.47 Å². The quantitative estimate of drug-likeness (QED) is 0.876. The number of likely N-dealkylation sites (tertiary alicyclic amines) is 1. The Morgan fingerprint density at radius 2 is 2.05 bits per heavy atom. The molecule has 1 atom stereocenters. The number of halogens is 1. The van der Waals surface area contributed by atoms with Crippen molar-refractivity contribution in [2.24, 2.45) is 0 Å². The summed E-state index contributed by atoms with van der Waals surface area (Å²) in [7, 11) is 0. The van der Waals surface area contributed by atoms with Crippen LogP contribution in [-0.2, 0) is 4.79 Å². The SMILES string of the molecule is O=C(O)[C@H]1CCCN1C(=O)c1[nH]nc(-c2ccccc2)c1Br. The molecule has 1 aromatic carbocycles. The normalized spacial score (nSPS) is 17.7. The first-order chi connectivity index (χ1) is 10.6. The molecule has 1 aliphatic rings. The van der Waals surface area contributed by atoms with Gasteiger partial charge in [0, 0.05) is 12.1 Å². The second-order valence-corrected chi connectivity index (χ2v) is 5.92. The van der Waals surface area contributed by atoms with E-state index in [-0.39, 0.29) is 11.6 Å². The molecule has 2 aromatic rings. The van der Waals surface area contributed by atoms with Crippen molar-refractivity contribution in [3.05, 3.63) is 40.5 Å². The Labute approximate surface area is 135 Å². The monoisotopic (exact) mass is 363 g/mol. The second kappa shape index (κ2) is 5.92. The number of aliphatic carboxylic acids is 1. The molecule has 6 nitrogen and oxygen atoms in total. The van der Waals surface area contributed by atoms with Gasteiger partial charge in [-0.05, 0) is 28.8 Å². The van der Waals surface area contributed by atoms with Crippen LogP contribution in [-0.4, -0.2) is 44.7 Å². The fourth-order valence-corrected chi connectivity index (χ4v) is 3.24. The van der Waals surface area contributed by atoms with Crippen LogP contribution in [0.25, 0.3) is 11.3 Å². The van der Waals surface area contributed by atoms with Gasteiger partial charge >= 0.3 is 5.97 Å². The minimum absolute atomic E-state index is 0.284. The minimum Gasteiger partial charge on any atom is -0.480 e. The highest BCUT2D eigenvalue weighted by atomic mass is 79.9. The predicted octanol–water partition coefficient (Wildman–Crippen LogP) is 2.53. The van der Waals surface area contributed by atoms with Gasteiger partial charge in [-0.3, -0.25) is 9.89 Å². The fourth-order valence-electron chi connectivity index (χ4n) is 2.67. The lowest BCUT2D eigenvalue weighted by Gasteiger charge is -2.20.